The number of anilines is 1. The van der Waals surface area contributed by atoms with E-state index in [0.29, 0.717) is 17.4 Å². The molecule has 0 aliphatic carbocycles. The number of amides is 1. The molecule has 0 atom stereocenters. The van der Waals surface area contributed by atoms with Gasteiger partial charge in [-0.3, -0.25) is 4.79 Å². The van der Waals surface area contributed by atoms with Gasteiger partial charge in [-0.25, -0.2) is 0 Å². The first kappa shape index (κ1) is 17.6. The van der Waals surface area contributed by atoms with Crippen LogP contribution in [0.5, 0.6) is 11.5 Å². The number of rotatable bonds is 6. The molecule has 2 aromatic carbocycles. The van der Waals surface area contributed by atoms with Crippen LogP contribution in [0.15, 0.2) is 48.5 Å². The molecule has 0 aliphatic rings. The van der Waals surface area contributed by atoms with Crippen LogP contribution in [0.1, 0.15) is 30.9 Å². The second-order valence-corrected chi connectivity index (χ2v) is 5.71. The number of hydrogen-bond donors (Lipinski definition) is 1. The Hall–Kier alpha value is -2.75. The Bertz CT molecular complexity index is 718. The normalized spacial score (nSPS) is 10.9. The maximum Gasteiger partial charge on any atom is 0.248 e. The average Bonchev–Trinajstić information content (AvgIpc) is 2.60. The summed E-state index contributed by atoms with van der Waals surface area (Å²) in [5.41, 5.74) is 2.82. The molecule has 2 rings (SSSR count). The van der Waals surface area contributed by atoms with Crippen molar-refractivity contribution in [1.29, 1.82) is 0 Å². The van der Waals surface area contributed by atoms with Crippen LogP contribution in [0.4, 0.5) is 5.69 Å². The van der Waals surface area contributed by atoms with E-state index in [2.05, 4.69) is 19.2 Å². The number of hydrogen-bond acceptors (Lipinski definition) is 3. The summed E-state index contributed by atoms with van der Waals surface area (Å²) in [6.07, 6.45) is 3.21. The highest BCUT2D eigenvalue weighted by Gasteiger charge is 2.04. The van der Waals surface area contributed by atoms with Crippen LogP contribution in [-0.2, 0) is 4.79 Å². The quantitative estimate of drug-likeness (QED) is 0.797. The zero-order valence-electron chi connectivity index (χ0n) is 14.5. The summed E-state index contributed by atoms with van der Waals surface area (Å²) >= 11 is 0. The average molecular weight is 325 g/mol. The Labute approximate surface area is 143 Å². The molecule has 0 unspecified atom stereocenters. The van der Waals surface area contributed by atoms with Gasteiger partial charge in [0.05, 0.1) is 14.2 Å². The molecular formula is C20H23NO3. The highest BCUT2D eigenvalue weighted by Crippen LogP contribution is 2.25. The predicted molar refractivity (Wildman–Crippen MR) is 97.7 cm³/mol. The van der Waals surface area contributed by atoms with Crippen LogP contribution in [0.3, 0.4) is 0 Å². The molecule has 1 amide bonds. The largest absolute Gasteiger partial charge is 0.497 e. The van der Waals surface area contributed by atoms with Gasteiger partial charge in [0.25, 0.3) is 0 Å². The molecule has 1 N–H and O–H groups in total. The number of nitrogens with one attached hydrogen (secondary N) is 1. The van der Waals surface area contributed by atoms with E-state index in [0.717, 1.165) is 11.3 Å². The lowest BCUT2D eigenvalue weighted by molar-refractivity contribution is -0.111. The smallest absolute Gasteiger partial charge is 0.248 e. The van der Waals surface area contributed by atoms with Crippen LogP contribution in [-0.4, -0.2) is 20.1 Å². The SMILES string of the molecule is COc1ccc(C=CC(=O)Nc2ccc(C(C)C)cc2)c(OC)c1. The lowest BCUT2D eigenvalue weighted by Gasteiger charge is -2.08. The summed E-state index contributed by atoms with van der Waals surface area (Å²) in [5, 5.41) is 2.85. The predicted octanol–water partition coefficient (Wildman–Crippen LogP) is 4.48. The zero-order valence-corrected chi connectivity index (χ0v) is 14.5. The number of ether oxygens (including phenoxy) is 2. The van der Waals surface area contributed by atoms with Crippen LogP contribution >= 0.6 is 0 Å². The van der Waals surface area contributed by atoms with Crippen molar-refractivity contribution in [3.05, 3.63) is 59.7 Å². The third kappa shape index (κ3) is 4.62. The van der Waals surface area contributed by atoms with Gasteiger partial charge in [0.2, 0.25) is 5.91 Å². The topological polar surface area (TPSA) is 47.6 Å². The molecule has 2 aromatic rings. The fourth-order valence-electron chi connectivity index (χ4n) is 2.26. The summed E-state index contributed by atoms with van der Waals surface area (Å²) in [5.74, 6) is 1.64. The minimum atomic E-state index is -0.190. The van der Waals surface area contributed by atoms with Gasteiger partial charge in [-0.05, 0) is 41.8 Å². The molecule has 4 heteroatoms. The van der Waals surface area contributed by atoms with Gasteiger partial charge in [0.1, 0.15) is 11.5 Å². The molecule has 0 aromatic heterocycles. The van der Waals surface area contributed by atoms with Crippen molar-refractivity contribution in [2.75, 3.05) is 19.5 Å². The Morgan fingerprint density at radius 3 is 2.33 bits per heavy atom. The molecule has 0 fully saturated rings. The minimum Gasteiger partial charge on any atom is -0.497 e. The zero-order chi connectivity index (χ0) is 17.5. The molecule has 0 saturated heterocycles. The molecule has 0 spiro atoms. The number of carbonyl (C=O) groups is 1. The monoisotopic (exact) mass is 325 g/mol. The Morgan fingerprint density at radius 2 is 1.75 bits per heavy atom. The van der Waals surface area contributed by atoms with Gasteiger partial charge in [-0.2, -0.15) is 0 Å². The van der Waals surface area contributed by atoms with Crippen LogP contribution in [0.2, 0.25) is 0 Å². The number of benzene rings is 2. The molecule has 4 nitrogen and oxygen atoms in total. The lowest BCUT2D eigenvalue weighted by atomic mass is 10.0. The minimum absolute atomic E-state index is 0.190. The highest BCUT2D eigenvalue weighted by atomic mass is 16.5. The van der Waals surface area contributed by atoms with Crippen molar-refractivity contribution in [3.63, 3.8) is 0 Å². The van der Waals surface area contributed by atoms with Gasteiger partial charge >= 0.3 is 0 Å². The molecule has 24 heavy (non-hydrogen) atoms. The van der Waals surface area contributed by atoms with Crippen molar-refractivity contribution < 1.29 is 14.3 Å². The number of carbonyl (C=O) groups excluding carboxylic acids is 1. The van der Waals surface area contributed by atoms with Gasteiger partial charge in [0, 0.05) is 23.4 Å². The maximum atomic E-state index is 12.1. The standard InChI is InChI=1S/C20H23NO3/c1-14(2)15-5-9-17(10-6-15)21-20(22)12-8-16-7-11-18(23-3)13-19(16)24-4/h5-14H,1-4H3,(H,21,22). The summed E-state index contributed by atoms with van der Waals surface area (Å²) in [6.45, 7) is 4.27. The summed E-state index contributed by atoms with van der Waals surface area (Å²) in [7, 11) is 3.19. The van der Waals surface area contributed by atoms with E-state index in [4.69, 9.17) is 9.47 Å². The van der Waals surface area contributed by atoms with Gasteiger partial charge < -0.3 is 14.8 Å². The van der Waals surface area contributed by atoms with Crippen LogP contribution in [0, 0.1) is 0 Å². The second-order valence-electron chi connectivity index (χ2n) is 5.71. The van der Waals surface area contributed by atoms with E-state index in [1.54, 1.807) is 26.4 Å². The molecule has 126 valence electrons. The Morgan fingerprint density at radius 1 is 1.04 bits per heavy atom. The Kier molecular flexibility index (Phi) is 6.01. The third-order valence-corrected chi connectivity index (χ3v) is 3.70. The molecular weight excluding hydrogens is 302 g/mol. The number of methoxy groups -OCH3 is 2. The lowest BCUT2D eigenvalue weighted by Crippen LogP contribution is -2.07. The second kappa shape index (κ2) is 8.20. The van der Waals surface area contributed by atoms with Gasteiger partial charge in [0.15, 0.2) is 0 Å². The first-order valence-corrected chi connectivity index (χ1v) is 7.84. The van der Waals surface area contributed by atoms with Gasteiger partial charge in [-0.15, -0.1) is 0 Å². The van der Waals surface area contributed by atoms with Crippen molar-refractivity contribution in [3.8, 4) is 11.5 Å². The van der Waals surface area contributed by atoms with Crippen LogP contribution in [0.25, 0.3) is 6.08 Å². The molecule has 0 heterocycles. The van der Waals surface area contributed by atoms with Crippen molar-refractivity contribution in [2.45, 2.75) is 19.8 Å². The molecule has 0 radical (unpaired) electrons. The fourth-order valence-corrected chi connectivity index (χ4v) is 2.26. The first-order valence-electron chi connectivity index (χ1n) is 7.84. The van der Waals surface area contributed by atoms with E-state index in [9.17, 15) is 4.79 Å². The maximum absolute atomic E-state index is 12.1. The van der Waals surface area contributed by atoms with Crippen molar-refractivity contribution in [1.82, 2.24) is 0 Å². The summed E-state index contributed by atoms with van der Waals surface area (Å²) < 4.78 is 10.5. The fraction of sp³-hybridized carbons (Fsp3) is 0.250. The van der Waals surface area contributed by atoms with E-state index in [1.807, 2.05) is 36.4 Å². The summed E-state index contributed by atoms with van der Waals surface area (Å²) in [4.78, 5) is 12.1. The van der Waals surface area contributed by atoms with E-state index in [1.165, 1.54) is 11.6 Å². The Balaban J connectivity index is 2.05. The van der Waals surface area contributed by atoms with E-state index >= 15 is 0 Å². The molecule has 0 aliphatic heterocycles. The van der Waals surface area contributed by atoms with Crippen molar-refractivity contribution >= 4 is 17.7 Å². The van der Waals surface area contributed by atoms with E-state index < -0.39 is 0 Å². The van der Waals surface area contributed by atoms with E-state index in [-0.39, 0.29) is 5.91 Å². The third-order valence-electron chi connectivity index (χ3n) is 3.70. The van der Waals surface area contributed by atoms with Crippen molar-refractivity contribution in [2.24, 2.45) is 0 Å². The first-order chi connectivity index (χ1) is 11.5. The summed E-state index contributed by atoms with van der Waals surface area (Å²) in [6, 6.07) is 13.3. The van der Waals surface area contributed by atoms with Gasteiger partial charge in [-0.1, -0.05) is 26.0 Å². The molecule has 0 bridgehead atoms. The van der Waals surface area contributed by atoms with Crippen LogP contribution < -0.4 is 14.8 Å². The highest BCUT2D eigenvalue weighted by molar-refractivity contribution is 6.02. The molecule has 0 saturated carbocycles.